The fourth-order valence-electron chi connectivity index (χ4n) is 2.95. The Hall–Kier alpha value is -0.860. The number of hydrogen-bond donors (Lipinski definition) is 1. The van der Waals surface area contributed by atoms with Crippen molar-refractivity contribution >= 4 is 0 Å². The third-order valence-corrected chi connectivity index (χ3v) is 4.35. The molecule has 1 aromatic rings. The van der Waals surface area contributed by atoms with Gasteiger partial charge in [-0.1, -0.05) is 30.3 Å². The average molecular weight is 216 g/mol. The minimum atomic E-state index is 0.506. The lowest BCUT2D eigenvalue weighted by atomic mass is 9.92. The van der Waals surface area contributed by atoms with Crippen molar-refractivity contribution in [2.45, 2.75) is 31.8 Å². The first-order chi connectivity index (χ1) is 7.78. The van der Waals surface area contributed by atoms with E-state index in [2.05, 4.69) is 35.2 Å². The number of nitrogens with two attached hydrogens (primary N) is 1. The van der Waals surface area contributed by atoms with Gasteiger partial charge in [-0.3, -0.25) is 4.90 Å². The van der Waals surface area contributed by atoms with Crippen LogP contribution in [-0.2, 0) is 6.54 Å². The maximum absolute atomic E-state index is 6.01. The third-order valence-electron chi connectivity index (χ3n) is 4.35. The van der Waals surface area contributed by atoms with Gasteiger partial charge in [0.2, 0.25) is 0 Å². The van der Waals surface area contributed by atoms with Gasteiger partial charge in [0.05, 0.1) is 0 Å². The molecule has 1 aromatic carbocycles. The van der Waals surface area contributed by atoms with Crippen LogP contribution in [0.5, 0.6) is 0 Å². The quantitative estimate of drug-likeness (QED) is 0.819. The molecule has 86 valence electrons. The molecule has 3 rings (SSSR count). The number of likely N-dealkylation sites (tertiary alicyclic amines) is 1. The van der Waals surface area contributed by atoms with Gasteiger partial charge in [0, 0.05) is 12.6 Å². The molecule has 2 heteroatoms. The van der Waals surface area contributed by atoms with Crippen LogP contribution < -0.4 is 5.73 Å². The number of piperidine rings is 1. The van der Waals surface area contributed by atoms with E-state index in [1.807, 2.05) is 0 Å². The summed E-state index contributed by atoms with van der Waals surface area (Å²) in [6.45, 7) is 3.55. The van der Waals surface area contributed by atoms with Gasteiger partial charge in [-0.05, 0) is 43.3 Å². The van der Waals surface area contributed by atoms with Gasteiger partial charge >= 0.3 is 0 Å². The highest BCUT2D eigenvalue weighted by molar-refractivity contribution is 5.15. The summed E-state index contributed by atoms with van der Waals surface area (Å²) in [6.07, 6.45) is 3.88. The van der Waals surface area contributed by atoms with Crippen LogP contribution in [0.3, 0.4) is 0 Å². The minimum Gasteiger partial charge on any atom is -0.327 e. The lowest BCUT2D eigenvalue weighted by Gasteiger charge is -2.32. The minimum absolute atomic E-state index is 0.506. The predicted octanol–water partition coefficient (Wildman–Crippen LogP) is 2.00. The predicted molar refractivity (Wildman–Crippen MR) is 66.0 cm³/mol. The second kappa shape index (κ2) is 3.86. The summed E-state index contributed by atoms with van der Waals surface area (Å²) in [4.78, 5) is 2.56. The van der Waals surface area contributed by atoms with Gasteiger partial charge in [0.25, 0.3) is 0 Å². The van der Waals surface area contributed by atoms with Crippen LogP contribution in [0.15, 0.2) is 30.3 Å². The van der Waals surface area contributed by atoms with E-state index in [0.717, 1.165) is 6.54 Å². The number of rotatable bonds is 2. The molecular formula is C14H20N2. The zero-order valence-corrected chi connectivity index (χ0v) is 9.73. The Morgan fingerprint density at radius 3 is 2.38 bits per heavy atom. The average Bonchev–Trinajstić information content (AvgIpc) is 2.94. The molecule has 1 heterocycles. The number of nitrogens with zero attached hydrogens (tertiary/aromatic N) is 1. The molecule has 1 unspecified atom stereocenters. The van der Waals surface area contributed by atoms with Crippen molar-refractivity contribution in [2.75, 3.05) is 13.1 Å². The summed E-state index contributed by atoms with van der Waals surface area (Å²) < 4.78 is 0. The summed E-state index contributed by atoms with van der Waals surface area (Å²) in [5.74, 6) is 0. The van der Waals surface area contributed by atoms with E-state index in [9.17, 15) is 0 Å². The van der Waals surface area contributed by atoms with E-state index in [-0.39, 0.29) is 0 Å². The molecule has 2 N–H and O–H groups in total. The Balaban J connectivity index is 1.55. The number of hydrogen-bond acceptors (Lipinski definition) is 2. The van der Waals surface area contributed by atoms with Crippen molar-refractivity contribution in [1.29, 1.82) is 0 Å². The van der Waals surface area contributed by atoms with E-state index in [0.29, 0.717) is 11.5 Å². The van der Waals surface area contributed by atoms with E-state index in [1.54, 1.807) is 0 Å². The van der Waals surface area contributed by atoms with Crippen LogP contribution in [0.1, 0.15) is 24.8 Å². The Morgan fingerprint density at radius 1 is 1.19 bits per heavy atom. The van der Waals surface area contributed by atoms with Crippen LogP contribution >= 0.6 is 0 Å². The lowest BCUT2D eigenvalue weighted by molar-refractivity contribution is 0.162. The Bertz CT molecular complexity index is 352. The Labute approximate surface area is 97.4 Å². The van der Waals surface area contributed by atoms with Gasteiger partial charge in [0.15, 0.2) is 0 Å². The standard InChI is InChI=1S/C14H20N2/c15-13-10-14(13)6-8-16(9-7-14)11-12-4-2-1-3-5-12/h1-5,13H,6-11,15H2. The van der Waals surface area contributed by atoms with Crippen molar-refractivity contribution in [1.82, 2.24) is 4.90 Å². The summed E-state index contributed by atoms with van der Waals surface area (Å²) in [5.41, 5.74) is 7.99. The highest BCUT2D eigenvalue weighted by atomic mass is 15.1. The van der Waals surface area contributed by atoms with Gasteiger partial charge in [0.1, 0.15) is 0 Å². The molecule has 2 nitrogen and oxygen atoms in total. The van der Waals surface area contributed by atoms with E-state index in [4.69, 9.17) is 5.73 Å². The molecule has 0 aromatic heterocycles. The fraction of sp³-hybridized carbons (Fsp3) is 0.571. The molecule has 16 heavy (non-hydrogen) atoms. The SMILES string of the molecule is NC1CC12CCN(Cc1ccccc1)CC2. The molecule has 1 aliphatic carbocycles. The van der Waals surface area contributed by atoms with Crippen molar-refractivity contribution in [3.8, 4) is 0 Å². The molecule has 0 amide bonds. The smallest absolute Gasteiger partial charge is 0.0233 e. The first kappa shape index (κ1) is 10.3. The van der Waals surface area contributed by atoms with Crippen LogP contribution in [0.4, 0.5) is 0 Å². The monoisotopic (exact) mass is 216 g/mol. The lowest BCUT2D eigenvalue weighted by Crippen LogP contribution is -2.36. The largest absolute Gasteiger partial charge is 0.327 e. The molecule has 1 saturated carbocycles. The van der Waals surface area contributed by atoms with Crippen molar-refractivity contribution in [2.24, 2.45) is 11.1 Å². The molecule has 2 aliphatic rings. The summed E-state index contributed by atoms with van der Waals surface area (Å²) in [6, 6.07) is 11.3. The van der Waals surface area contributed by atoms with Crippen LogP contribution in [0, 0.1) is 5.41 Å². The zero-order chi connectivity index (χ0) is 11.0. The van der Waals surface area contributed by atoms with E-state index >= 15 is 0 Å². The van der Waals surface area contributed by atoms with Gasteiger partial charge in [-0.25, -0.2) is 0 Å². The third kappa shape index (κ3) is 1.87. The maximum atomic E-state index is 6.01. The molecule has 1 atom stereocenters. The topological polar surface area (TPSA) is 29.3 Å². The van der Waals surface area contributed by atoms with Gasteiger partial charge in [-0.2, -0.15) is 0 Å². The molecule has 0 bridgehead atoms. The first-order valence-corrected chi connectivity index (χ1v) is 6.30. The number of benzene rings is 1. The summed E-state index contributed by atoms with van der Waals surface area (Å²) in [7, 11) is 0. The zero-order valence-electron chi connectivity index (χ0n) is 9.73. The van der Waals surface area contributed by atoms with Crippen molar-refractivity contribution in [3.63, 3.8) is 0 Å². The highest BCUT2D eigenvalue weighted by Gasteiger charge is 2.52. The normalized spacial score (nSPS) is 28.2. The van der Waals surface area contributed by atoms with Gasteiger partial charge < -0.3 is 5.73 Å². The molecular weight excluding hydrogens is 196 g/mol. The Morgan fingerprint density at radius 2 is 1.81 bits per heavy atom. The van der Waals surface area contributed by atoms with Crippen molar-refractivity contribution < 1.29 is 0 Å². The summed E-state index contributed by atoms with van der Waals surface area (Å²) >= 11 is 0. The second-order valence-electron chi connectivity index (χ2n) is 5.43. The summed E-state index contributed by atoms with van der Waals surface area (Å²) in [5, 5.41) is 0. The molecule has 0 radical (unpaired) electrons. The second-order valence-corrected chi connectivity index (χ2v) is 5.43. The van der Waals surface area contributed by atoms with Crippen LogP contribution in [0.25, 0.3) is 0 Å². The van der Waals surface area contributed by atoms with Gasteiger partial charge in [-0.15, -0.1) is 0 Å². The molecule has 2 fully saturated rings. The molecule has 1 saturated heterocycles. The molecule has 1 aliphatic heterocycles. The first-order valence-electron chi connectivity index (χ1n) is 6.30. The van der Waals surface area contributed by atoms with Crippen LogP contribution in [0.2, 0.25) is 0 Å². The van der Waals surface area contributed by atoms with Crippen molar-refractivity contribution in [3.05, 3.63) is 35.9 Å². The molecule has 1 spiro atoms. The fourth-order valence-corrected chi connectivity index (χ4v) is 2.95. The maximum Gasteiger partial charge on any atom is 0.0233 e. The van der Waals surface area contributed by atoms with E-state index < -0.39 is 0 Å². The highest BCUT2D eigenvalue weighted by Crippen LogP contribution is 2.52. The van der Waals surface area contributed by atoms with Crippen LogP contribution in [-0.4, -0.2) is 24.0 Å². The Kier molecular flexibility index (Phi) is 2.49. The van der Waals surface area contributed by atoms with E-state index in [1.165, 1.54) is 37.9 Å².